The van der Waals surface area contributed by atoms with Crippen molar-refractivity contribution in [2.75, 3.05) is 5.75 Å². The molecule has 0 radical (unpaired) electrons. The van der Waals surface area contributed by atoms with Gasteiger partial charge >= 0.3 is 5.97 Å². The molecule has 3 rings (SSSR count). The first kappa shape index (κ1) is 13.1. The van der Waals surface area contributed by atoms with E-state index >= 15 is 0 Å². The Bertz CT molecular complexity index is 737. The van der Waals surface area contributed by atoms with Gasteiger partial charge in [0.15, 0.2) is 10.8 Å². The summed E-state index contributed by atoms with van der Waals surface area (Å²) in [5.41, 5.74) is 2.74. The minimum Gasteiger partial charge on any atom is -0.481 e. The van der Waals surface area contributed by atoms with Crippen molar-refractivity contribution in [3.63, 3.8) is 0 Å². The van der Waals surface area contributed by atoms with Crippen LogP contribution in [0.15, 0.2) is 40.3 Å². The number of imidazole rings is 1. The Hall–Kier alpha value is -1.86. The number of rotatable bonds is 5. The van der Waals surface area contributed by atoms with Crippen molar-refractivity contribution < 1.29 is 9.90 Å². The molecule has 3 aromatic rings. The van der Waals surface area contributed by atoms with Crippen LogP contribution in [0.4, 0.5) is 0 Å². The third-order valence-corrected chi connectivity index (χ3v) is 4.41. The monoisotopic (exact) mass is 305 g/mol. The number of aromatic nitrogens is 3. The number of carbonyl (C=O) groups is 1. The zero-order valence-electron chi connectivity index (χ0n) is 10.4. The number of hydrogen-bond donors (Lipinski definition) is 1. The molecule has 0 aliphatic carbocycles. The van der Waals surface area contributed by atoms with Crippen LogP contribution >= 0.6 is 23.1 Å². The van der Waals surface area contributed by atoms with Crippen LogP contribution < -0.4 is 0 Å². The van der Waals surface area contributed by atoms with E-state index in [1.807, 2.05) is 28.1 Å². The predicted molar refractivity (Wildman–Crippen MR) is 79.3 cm³/mol. The van der Waals surface area contributed by atoms with Crippen LogP contribution in [0.5, 0.6) is 0 Å². The first-order chi connectivity index (χ1) is 9.74. The molecule has 0 saturated heterocycles. The molecule has 0 atom stereocenters. The van der Waals surface area contributed by atoms with Crippen molar-refractivity contribution in [3.05, 3.63) is 40.7 Å². The van der Waals surface area contributed by atoms with E-state index in [9.17, 15) is 4.79 Å². The molecule has 5 nitrogen and oxygen atoms in total. The lowest BCUT2D eigenvalue weighted by molar-refractivity contribution is -0.133. The maximum Gasteiger partial charge on any atom is 0.313 e. The second kappa shape index (κ2) is 5.64. The molecule has 0 amide bonds. The number of thioether (sulfide) groups is 1. The van der Waals surface area contributed by atoms with Crippen molar-refractivity contribution in [1.29, 1.82) is 0 Å². The van der Waals surface area contributed by atoms with Crippen LogP contribution in [-0.4, -0.2) is 31.4 Å². The molecule has 7 heteroatoms. The smallest absolute Gasteiger partial charge is 0.313 e. The van der Waals surface area contributed by atoms with Crippen molar-refractivity contribution in [3.8, 4) is 0 Å². The van der Waals surface area contributed by atoms with E-state index in [4.69, 9.17) is 5.11 Å². The van der Waals surface area contributed by atoms with Crippen molar-refractivity contribution in [2.45, 2.75) is 11.7 Å². The number of aliphatic carboxylic acids is 1. The fourth-order valence-electron chi connectivity index (χ4n) is 1.88. The van der Waals surface area contributed by atoms with Crippen LogP contribution in [0.1, 0.15) is 5.56 Å². The summed E-state index contributed by atoms with van der Waals surface area (Å²) < 4.78 is 1.96. The Labute approximate surface area is 123 Å². The summed E-state index contributed by atoms with van der Waals surface area (Å²) in [4.78, 5) is 19.6. The van der Waals surface area contributed by atoms with Gasteiger partial charge in [0, 0.05) is 6.20 Å². The molecule has 3 aromatic heterocycles. The minimum atomic E-state index is -0.850. The fraction of sp³-hybridized carbons (Fsp3) is 0.154. The Balaban J connectivity index is 2.01. The van der Waals surface area contributed by atoms with Crippen molar-refractivity contribution in [2.24, 2.45) is 0 Å². The zero-order chi connectivity index (χ0) is 13.9. The van der Waals surface area contributed by atoms with E-state index in [-0.39, 0.29) is 5.75 Å². The predicted octanol–water partition coefficient (Wildman–Crippen LogP) is 2.72. The molecule has 0 aliphatic heterocycles. The molecular formula is C13H11N3O2S2. The first-order valence-electron chi connectivity index (χ1n) is 5.91. The molecule has 20 heavy (non-hydrogen) atoms. The molecule has 0 bridgehead atoms. The van der Waals surface area contributed by atoms with E-state index < -0.39 is 5.97 Å². The lowest BCUT2D eigenvalue weighted by Crippen LogP contribution is -2.04. The third kappa shape index (κ3) is 2.68. The second-order valence-electron chi connectivity index (χ2n) is 4.14. The van der Waals surface area contributed by atoms with Crippen molar-refractivity contribution in [1.82, 2.24) is 14.5 Å². The van der Waals surface area contributed by atoms with Gasteiger partial charge < -0.3 is 5.11 Å². The van der Waals surface area contributed by atoms with Crippen LogP contribution in [0, 0.1) is 0 Å². The Kier molecular flexibility index (Phi) is 3.70. The highest BCUT2D eigenvalue weighted by molar-refractivity contribution is 7.99. The standard InChI is InChI=1S/C13H11N3O2S2/c17-11(18)8-20-13-15-10-2-1-4-14-12(10)16(13)6-9-3-5-19-7-9/h1-5,7H,6,8H2,(H,17,18). The van der Waals surface area contributed by atoms with Gasteiger partial charge in [-0.3, -0.25) is 9.36 Å². The minimum absolute atomic E-state index is 0.00699. The van der Waals surface area contributed by atoms with Gasteiger partial charge in [-0.25, -0.2) is 9.97 Å². The number of hydrogen-bond acceptors (Lipinski definition) is 5. The Morgan fingerprint density at radius 2 is 2.35 bits per heavy atom. The fourth-order valence-corrected chi connectivity index (χ4v) is 3.26. The average Bonchev–Trinajstić information content (AvgIpc) is 3.05. The van der Waals surface area contributed by atoms with Gasteiger partial charge in [-0.05, 0) is 34.5 Å². The summed E-state index contributed by atoms with van der Waals surface area (Å²) in [5.74, 6) is -0.857. The summed E-state index contributed by atoms with van der Waals surface area (Å²) in [6, 6.07) is 5.76. The normalized spacial score (nSPS) is 11.0. The van der Waals surface area contributed by atoms with Gasteiger partial charge in [-0.15, -0.1) is 0 Å². The molecule has 0 aromatic carbocycles. The molecule has 0 saturated carbocycles. The second-order valence-corrected chi connectivity index (χ2v) is 5.86. The van der Waals surface area contributed by atoms with E-state index in [0.717, 1.165) is 16.7 Å². The Morgan fingerprint density at radius 1 is 1.45 bits per heavy atom. The Morgan fingerprint density at radius 3 is 3.10 bits per heavy atom. The SMILES string of the molecule is O=C(O)CSc1nc2cccnc2n1Cc1ccsc1. The van der Waals surface area contributed by atoms with Gasteiger partial charge in [0.2, 0.25) is 0 Å². The maximum atomic E-state index is 10.7. The van der Waals surface area contributed by atoms with E-state index in [2.05, 4.69) is 15.3 Å². The molecule has 3 heterocycles. The highest BCUT2D eigenvalue weighted by Crippen LogP contribution is 2.24. The molecule has 0 unspecified atom stereocenters. The largest absolute Gasteiger partial charge is 0.481 e. The first-order valence-corrected chi connectivity index (χ1v) is 7.84. The van der Waals surface area contributed by atoms with E-state index in [1.165, 1.54) is 11.8 Å². The topological polar surface area (TPSA) is 68.0 Å². The lowest BCUT2D eigenvalue weighted by atomic mass is 10.3. The van der Waals surface area contributed by atoms with Gasteiger partial charge in [0.25, 0.3) is 0 Å². The maximum absolute atomic E-state index is 10.7. The van der Waals surface area contributed by atoms with Gasteiger partial charge in [-0.1, -0.05) is 11.8 Å². The van der Waals surface area contributed by atoms with Crippen LogP contribution in [0.25, 0.3) is 11.2 Å². The molecule has 1 N–H and O–H groups in total. The number of pyridine rings is 1. The van der Waals surface area contributed by atoms with Gasteiger partial charge in [0.05, 0.1) is 12.3 Å². The van der Waals surface area contributed by atoms with Gasteiger partial charge in [0.1, 0.15) is 5.52 Å². The summed E-state index contributed by atoms with van der Waals surface area (Å²) in [6.07, 6.45) is 1.72. The number of thiophene rings is 1. The van der Waals surface area contributed by atoms with E-state index in [0.29, 0.717) is 11.7 Å². The van der Waals surface area contributed by atoms with Crippen LogP contribution in [0.2, 0.25) is 0 Å². The molecule has 0 aliphatic rings. The average molecular weight is 305 g/mol. The van der Waals surface area contributed by atoms with Crippen LogP contribution in [0.3, 0.4) is 0 Å². The number of carboxylic acid groups (broad SMARTS) is 1. The number of fused-ring (bicyclic) bond motifs is 1. The van der Waals surface area contributed by atoms with Crippen LogP contribution in [-0.2, 0) is 11.3 Å². The van der Waals surface area contributed by atoms with Gasteiger partial charge in [-0.2, -0.15) is 11.3 Å². The number of nitrogens with zero attached hydrogens (tertiary/aromatic N) is 3. The number of carboxylic acids is 1. The highest BCUT2D eigenvalue weighted by Gasteiger charge is 2.13. The van der Waals surface area contributed by atoms with E-state index in [1.54, 1.807) is 17.5 Å². The van der Waals surface area contributed by atoms with Crippen molar-refractivity contribution >= 4 is 40.2 Å². The summed E-state index contributed by atoms with van der Waals surface area (Å²) in [6.45, 7) is 0.652. The molecule has 0 fully saturated rings. The summed E-state index contributed by atoms with van der Waals surface area (Å²) in [5, 5.41) is 13.6. The molecule has 102 valence electrons. The lowest BCUT2D eigenvalue weighted by Gasteiger charge is -2.06. The zero-order valence-corrected chi connectivity index (χ0v) is 12.0. The summed E-state index contributed by atoms with van der Waals surface area (Å²) >= 11 is 2.85. The molecule has 0 spiro atoms. The molecular weight excluding hydrogens is 294 g/mol. The summed E-state index contributed by atoms with van der Waals surface area (Å²) in [7, 11) is 0. The highest BCUT2D eigenvalue weighted by atomic mass is 32.2. The quantitative estimate of drug-likeness (QED) is 0.734. The third-order valence-electron chi connectivity index (χ3n) is 2.71.